The molecule has 1 unspecified atom stereocenters. The highest BCUT2D eigenvalue weighted by atomic mass is 16.5. The summed E-state index contributed by atoms with van der Waals surface area (Å²) in [5, 5.41) is 9.54. The Morgan fingerprint density at radius 3 is 3.15 bits per heavy atom. The van der Waals surface area contributed by atoms with Gasteiger partial charge in [0.2, 0.25) is 0 Å². The SMILES string of the molecule is CCC1CCOc2c(O)cccc21. The van der Waals surface area contributed by atoms with E-state index in [9.17, 15) is 5.11 Å². The second-order valence-corrected chi connectivity index (χ2v) is 3.44. The molecule has 0 amide bonds. The van der Waals surface area contributed by atoms with Crippen molar-refractivity contribution in [3.63, 3.8) is 0 Å². The summed E-state index contributed by atoms with van der Waals surface area (Å²) in [5.74, 6) is 1.52. The number of hydrogen-bond donors (Lipinski definition) is 1. The summed E-state index contributed by atoms with van der Waals surface area (Å²) >= 11 is 0. The quantitative estimate of drug-likeness (QED) is 0.716. The van der Waals surface area contributed by atoms with E-state index < -0.39 is 0 Å². The van der Waals surface area contributed by atoms with Crippen LogP contribution in [0, 0.1) is 0 Å². The van der Waals surface area contributed by atoms with Gasteiger partial charge in [-0.1, -0.05) is 19.1 Å². The molecule has 2 heteroatoms. The third-order valence-corrected chi connectivity index (χ3v) is 2.67. The van der Waals surface area contributed by atoms with Crippen LogP contribution in [0.1, 0.15) is 31.2 Å². The number of hydrogen-bond acceptors (Lipinski definition) is 2. The topological polar surface area (TPSA) is 29.5 Å². The van der Waals surface area contributed by atoms with E-state index in [2.05, 4.69) is 6.92 Å². The number of para-hydroxylation sites is 1. The maximum atomic E-state index is 9.54. The zero-order valence-electron chi connectivity index (χ0n) is 7.79. The number of fused-ring (bicyclic) bond motifs is 1. The van der Waals surface area contributed by atoms with E-state index >= 15 is 0 Å². The van der Waals surface area contributed by atoms with Gasteiger partial charge in [-0.25, -0.2) is 0 Å². The molecule has 1 N–H and O–H groups in total. The Balaban J connectivity index is 2.45. The third kappa shape index (κ3) is 1.37. The number of phenols is 1. The van der Waals surface area contributed by atoms with Crippen LogP contribution in [0.4, 0.5) is 0 Å². The van der Waals surface area contributed by atoms with Gasteiger partial charge in [-0.2, -0.15) is 0 Å². The molecule has 1 aliphatic heterocycles. The van der Waals surface area contributed by atoms with Crippen molar-refractivity contribution >= 4 is 0 Å². The number of rotatable bonds is 1. The van der Waals surface area contributed by atoms with Crippen molar-refractivity contribution in [3.05, 3.63) is 23.8 Å². The Hall–Kier alpha value is -1.18. The molecule has 2 nitrogen and oxygen atoms in total. The number of benzene rings is 1. The molecule has 1 aromatic carbocycles. The predicted octanol–water partition coefficient (Wildman–Crippen LogP) is 2.67. The first-order chi connectivity index (χ1) is 6.33. The number of ether oxygens (including phenoxy) is 1. The lowest BCUT2D eigenvalue weighted by Crippen LogP contribution is -2.13. The maximum absolute atomic E-state index is 9.54. The van der Waals surface area contributed by atoms with Crippen LogP contribution < -0.4 is 4.74 Å². The van der Waals surface area contributed by atoms with E-state index in [1.54, 1.807) is 6.07 Å². The van der Waals surface area contributed by atoms with Gasteiger partial charge in [0.15, 0.2) is 11.5 Å². The van der Waals surface area contributed by atoms with Gasteiger partial charge in [-0.3, -0.25) is 0 Å². The first-order valence-electron chi connectivity index (χ1n) is 4.77. The molecular weight excluding hydrogens is 164 g/mol. The van der Waals surface area contributed by atoms with E-state index in [0.717, 1.165) is 25.0 Å². The van der Waals surface area contributed by atoms with Crippen LogP contribution in [0.2, 0.25) is 0 Å². The molecule has 0 radical (unpaired) electrons. The highest BCUT2D eigenvalue weighted by Crippen LogP contribution is 2.40. The average Bonchev–Trinajstić information content (AvgIpc) is 2.18. The first-order valence-corrected chi connectivity index (χ1v) is 4.77. The van der Waals surface area contributed by atoms with Gasteiger partial charge < -0.3 is 9.84 Å². The second-order valence-electron chi connectivity index (χ2n) is 3.44. The maximum Gasteiger partial charge on any atom is 0.164 e. The molecule has 0 aromatic heterocycles. The fraction of sp³-hybridized carbons (Fsp3) is 0.455. The Labute approximate surface area is 78.2 Å². The van der Waals surface area contributed by atoms with E-state index in [1.807, 2.05) is 12.1 Å². The first kappa shape index (κ1) is 8.42. The summed E-state index contributed by atoms with van der Waals surface area (Å²) in [7, 11) is 0. The van der Waals surface area contributed by atoms with E-state index in [-0.39, 0.29) is 5.75 Å². The lowest BCUT2D eigenvalue weighted by Gasteiger charge is -2.25. The summed E-state index contributed by atoms with van der Waals surface area (Å²) in [6, 6.07) is 5.60. The van der Waals surface area contributed by atoms with Gasteiger partial charge >= 0.3 is 0 Å². The van der Waals surface area contributed by atoms with Crippen molar-refractivity contribution in [2.75, 3.05) is 6.61 Å². The van der Waals surface area contributed by atoms with Crippen LogP contribution in [0.5, 0.6) is 11.5 Å². The summed E-state index contributed by atoms with van der Waals surface area (Å²) in [4.78, 5) is 0. The Morgan fingerprint density at radius 1 is 1.54 bits per heavy atom. The smallest absolute Gasteiger partial charge is 0.164 e. The number of aromatic hydroxyl groups is 1. The summed E-state index contributed by atoms with van der Waals surface area (Å²) in [6.45, 7) is 2.90. The molecule has 0 fully saturated rings. The molecule has 0 bridgehead atoms. The molecule has 2 rings (SSSR count). The van der Waals surface area contributed by atoms with Crippen LogP contribution in [0.15, 0.2) is 18.2 Å². The van der Waals surface area contributed by atoms with E-state index in [1.165, 1.54) is 0 Å². The minimum absolute atomic E-state index is 0.274. The van der Waals surface area contributed by atoms with Crippen molar-refractivity contribution in [3.8, 4) is 11.5 Å². The highest BCUT2D eigenvalue weighted by Gasteiger charge is 2.21. The molecule has 70 valence electrons. The van der Waals surface area contributed by atoms with Crippen molar-refractivity contribution in [1.82, 2.24) is 0 Å². The second kappa shape index (κ2) is 3.29. The predicted molar refractivity (Wildman–Crippen MR) is 51.3 cm³/mol. The van der Waals surface area contributed by atoms with Crippen LogP contribution in [0.25, 0.3) is 0 Å². The normalized spacial score (nSPS) is 20.5. The zero-order chi connectivity index (χ0) is 9.26. The molecular formula is C11H14O2. The Morgan fingerprint density at radius 2 is 2.38 bits per heavy atom. The molecule has 0 saturated heterocycles. The van der Waals surface area contributed by atoms with E-state index in [0.29, 0.717) is 11.7 Å². The summed E-state index contributed by atoms with van der Waals surface area (Å²) < 4.78 is 5.44. The van der Waals surface area contributed by atoms with Gasteiger partial charge in [-0.15, -0.1) is 0 Å². The Kier molecular flexibility index (Phi) is 2.13. The van der Waals surface area contributed by atoms with Crippen LogP contribution >= 0.6 is 0 Å². The summed E-state index contributed by atoms with van der Waals surface area (Å²) in [5.41, 5.74) is 1.16. The van der Waals surface area contributed by atoms with Crippen molar-refractivity contribution in [2.45, 2.75) is 25.7 Å². The van der Waals surface area contributed by atoms with Crippen molar-refractivity contribution in [1.29, 1.82) is 0 Å². The van der Waals surface area contributed by atoms with Crippen molar-refractivity contribution in [2.24, 2.45) is 0 Å². The minimum Gasteiger partial charge on any atom is -0.504 e. The lowest BCUT2D eigenvalue weighted by molar-refractivity contribution is 0.252. The molecule has 0 spiro atoms. The van der Waals surface area contributed by atoms with Crippen LogP contribution in [-0.4, -0.2) is 11.7 Å². The Bertz CT molecular complexity index is 307. The highest BCUT2D eigenvalue weighted by molar-refractivity contribution is 5.48. The fourth-order valence-electron chi connectivity index (χ4n) is 1.90. The molecule has 1 heterocycles. The lowest BCUT2D eigenvalue weighted by atomic mass is 9.91. The minimum atomic E-state index is 0.274. The third-order valence-electron chi connectivity index (χ3n) is 2.67. The van der Waals surface area contributed by atoms with Crippen molar-refractivity contribution < 1.29 is 9.84 Å². The average molecular weight is 178 g/mol. The molecule has 0 saturated carbocycles. The summed E-state index contributed by atoms with van der Waals surface area (Å²) in [6.07, 6.45) is 2.17. The number of phenolic OH excluding ortho intramolecular Hbond substituents is 1. The van der Waals surface area contributed by atoms with Gasteiger partial charge in [0.05, 0.1) is 6.61 Å². The monoisotopic (exact) mass is 178 g/mol. The van der Waals surface area contributed by atoms with Crippen LogP contribution in [-0.2, 0) is 0 Å². The standard InChI is InChI=1S/C11H14O2/c1-2-8-6-7-13-11-9(8)4-3-5-10(11)12/h3-5,8,12H,2,6-7H2,1H3. The van der Waals surface area contributed by atoms with Gasteiger partial charge in [0.25, 0.3) is 0 Å². The molecule has 13 heavy (non-hydrogen) atoms. The van der Waals surface area contributed by atoms with Crippen LogP contribution in [0.3, 0.4) is 0 Å². The molecule has 1 aliphatic rings. The van der Waals surface area contributed by atoms with Gasteiger partial charge in [0, 0.05) is 5.56 Å². The largest absolute Gasteiger partial charge is 0.504 e. The molecule has 1 aromatic rings. The zero-order valence-corrected chi connectivity index (χ0v) is 7.79. The van der Waals surface area contributed by atoms with E-state index in [4.69, 9.17) is 4.74 Å². The van der Waals surface area contributed by atoms with Gasteiger partial charge in [0.1, 0.15) is 0 Å². The fourth-order valence-corrected chi connectivity index (χ4v) is 1.90. The molecule has 0 aliphatic carbocycles. The molecule has 1 atom stereocenters. The van der Waals surface area contributed by atoms with Gasteiger partial charge in [-0.05, 0) is 24.8 Å².